The molecule has 1 unspecified atom stereocenters. The molecule has 0 aromatic carbocycles. The Morgan fingerprint density at radius 2 is 2.05 bits per heavy atom. The van der Waals surface area contributed by atoms with Crippen molar-refractivity contribution in [2.45, 2.75) is 18.5 Å². The minimum atomic E-state index is -4.67. The Morgan fingerprint density at radius 1 is 1.35 bits per heavy atom. The molecule has 1 amide bonds. The zero-order chi connectivity index (χ0) is 15.0. The van der Waals surface area contributed by atoms with Crippen LogP contribution in [0.5, 0.6) is 0 Å². The summed E-state index contributed by atoms with van der Waals surface area (Å²) in [5.41, 5.74) is 2.26. The average Bonchev–Trinajstić information content (AvgIpc) is 2.88. The number of carbonyl (C=O) groups is 1. The number of aromatic amines is 1. The molecule has 0 radical (unpaired) electrons. The van der Waals surface area contributed by atoms with Crippen molar-refractivity contribution >= 4 is 5.91 Å². The van der Waals surface area contributed by atoms with Gasteiger partial charge in [-0.2, -0.15) is 18.3 Å². The Labute approximate surface area is 112 Å². The van der Waals surface area contributed by atoms with Crippen molar-refractivity contribution in [3.63, 3.8) is 0 Å². The van der Waals surface area contributed by atoms with Crippen molar-refractivity contribution in [1.29, 1.82) is 0 Å². The van der Waals surface area contributed by atoms with E-state index in [2.05, 4.69) is 10.1 Å². The Hall–Kier alpha value is -2.38. The van der Waals surface area contributed by atoms with Gasteiger partial charge in [-0.3, -0.25) is 14.9 Å². The van der Waals surface area contributed by atoms with E-state index in [1.165, 1.54) is 19.2 Å². The van der Waals surface area contributed by atoms with E-state index in [1.807, 2.05) is 5.10 Å². The van der Waals surface area contributed by atoms with Crippen LogP contribution in [0.3, 0.4) is 0 Å². The predicted molar refractivity (Wildman–Crippen MR) is 63.5 cm³/mol. The summed E-state index contributed by atoms with van der Waals surface area (Å²) >= 11 is 0. The van der Waals surface area contributed by atoms with Gasteiger partial charge in [0.15, 0.2) is 0 Å². The summed E-state index contributed by atoms with van der Waals surface area (Å²) in [6.45, 7) is 1.29. The first-order valence-corrected chi connectivity index (χ1v) is 5.60. The molecule has 0 aliphatic heterocycles. The van der Waals surface area contributed by atoms with Crippen molar-refractivity contribution < 1.29 is 18.0 Å². The Balaban J connectivity index is 2.68. The lowest BCUT2D eigenvalue weighted by Gasteiger charge is -2.26. The molecular weight excluding hydrogens is 273 g/mol. The fraction of sp³-hybridized carbons (Fsp3) is 0.250. The minimum absolute atomic E-state index is 0.124. The summed E-state index contributed by atoms with van der Waals surface area (Å²) in [6, 6.07) is 4.60. The summed E-state index contributed by atoms with van der Waals surface area (Å²) in [5, 5.41) is 5.25. The van der Waals surface area contributed by atoms with Gasteiger partial charge < -0.3 is 5.73 Å². The van der Waals surface area contributed by atoms with Crippen LogP contribution in [0.15, 0.2) is 30.6 Å². The lowest BCUT2D eigenvalue weighted by atomic mass is 9.78. The number of aromatic nitrogens is 3. The third kappa shape index (κ3) is 2.13. The summed E-state index contributed by atoms with van der Waals surface area (Å²) in [6.07, 6.45) is -2.34. The van der Waals surface area contributed by atoms with Gasteiger partial charge in [-0.05, 0) is 19.1 Å². The number of hydrogen-bond donors (Lipinski definition) is 2. The molecule has 0 fully saturated rings. The molecular formula is C12H11F3N4O. The molecule has 1 atom stereocenters. The van der Waals surface area contributed by atoms with Crippen LogP contribution in [0.25, 0.3) is 0 Å². The molecule has 5 nitrogen and oxygen atoms in total. The lowest BCUT2D eigenvalue weighted by Crippen LogP contribution is -2.41. The second-order valence-electron chi connectivity index (χ2n) is 4.36. The maximum Gasteiger partial charge on any atom is 0.433 e. The molecule has 3 N–H and O–H groups in total. The van der Waals surface area contributed by atoms with Crippen molar-refractivity contribution in [2.24, 2.45) is 5.73 Å². The van der Waals surface area contributed by atoms with Gasteiger partial charge in [-0.1, -0.05) is 6.07 Å². The fourth-order valence-corrected chi connectivity index (χ4v) is 1.94. The van der Waals surface area contributed by atoms with E-state index >= 15 is 0 Å². The van der Waals surface area contributed by atoms with E-state index in [9.17, 15) is 18.0 Å². The molecule has 0 saturated heterocycles. The molecule has 0 saturated carbocycles. The van der Waals surface area contributed by atoms with Crippen molar-refractivity contribution in [1.82, 2.24) is 15.2 Å². The van der Waals surface area contributed by atoms with E-state index < -0.39 is 23.2 Å². The molecule has 0 bridgehead atoms. The van der Waals surface area contributed by atoms with Crippen LogP contribution in [0.2, 0.25) is 0 Å². The third-order valence-electron chi connectivity index (χ3n) is 3.13. The Morgan fingerprint density at radius 3 is 2.55 bits per heavy atom. The van der Waals surface area contributed by atoms with E-state index in [4.69, 9.17) is 5.73 Å². The standard InChI is InChI=1S/C12H11F3N4O/c1-11(10(16)20,8-4-2-3-5-17-8)7-6-18-19-9(7)12(13,14)15/h2-6H,1H3,(H2,16,20)(H,18,19). The van der Waals surface area contributed by atoms with Gasteiger partial charge in [-0.25, -0.2) is 0 Å². The Bertz CT molecular complexity index is 623. The van der Waals surface area contributed by atoms with Crippen LogP contribution < -0.4 is 5.73 Å². The number of nitrogens with one attached hydrogen (secondary N) is 1. The summed E-state index contributed by atoms with van der Waals surface area (Å²) < 4.78 is 38.8. The monoisotopic (exact) mass is 284 g/mol. The molecule has 2 heterocycles. The van der Waals surface area contributed by atoms with Crippen LogP contribution in [0.1, 0.15) is 23.9 Å². The molecule has 2 aromatic heterocycles. The number of alkyl halides is 3. The van der Waals surface area contributed by atoms with Crippen molar-refractivity contribution in [3.05, 3.63) is 47.5 Å². The van der Waals surface area contributed by atoms with Crippen LogP contribution in [-0.4, -0.2) is 21.1 Å². The summed E-state index contributed by atoms with van der Waals surface area (Å²) in [7, 11) is 0. The fourth-order valence-electron chi connectivity index (χ4n) is 1.94. The quantitative estimate of drug-likeness (QED) is 0.898. The number of rotatable bonds is 3. The highest BCUT2D eigenvalue weighted by Gasteiger charge is 2.46. The number of amides is 1. The first-order chi connectivity index (χ1) is 9.28. The number of nitrogens with zero attached hydrogens (tertiary/aromatic N) is 2. The van der Waals surface area contributed by atoms with E-state index in [-0.39, 0.29) is 11.3 Å². The van der Waals surface area contributed by atoms with Gasteiger partial charge in [-0.15, -0.1) is 0 Å². The number of primary amides is 1. The van der Waals surface area contributed by atoms with Crippen LogP contribution in [0, 0.1) is 0 Å². The van der Waals surface area contributed by atoms with E-state index in [0.717, 1.165) is 6.20 Å². The molecule has 8 heteroatoms. The van der Waals surface area contributed by atoms with Gasteiger partial charge in [0.2, 0.25) is 5.91 Å². The zero-order valence-electron chi connectivity index (χ0n) is 10.4. The topological polar surface area (TPSA) is 84.7 Å². The minimum Gasteiger partial charge on any atom is -0.369 e. The molecule has 0 spiro atoms. The maximum absolute atomic E-state index is 12.9. The maximum atomic E-state index is 12.9. The molecule has 20 heavy (non-hydrogen) atoms. The smallest absolute Gasteiger partial charge is 0.369 e. The third-order valence-corrected chi connectivity index (χ3v) is 3.13. The number of pyridine rings is 1. The second kappa shape index (κ2) is 4.62. The predicted octanol–water partition coefficient (Wildman–Crippen LogP) is 1.61. The van der Waals surface area contributed by atoms with Gasteiger partial charge in [0.05, 0.1) is 11.9 Å². The molecule has 0 aliphatic carbocycles. The number of carbonyl (C=O) groups excluding carboxylic acids is 1. The van der Waals surface area contributed by atoms with Crippen LogP contribution in [-0.2, 0) is 16.4 Å². The molecule has 106 valence electrons. The second-order valence-corrected chi connectivity index (χ2v) is 4.36. The normalized spacial score (nSPS) is 14.8. The van der Waals surface area contributed by atoms with Gasteiger partial charge >= 0.3 is 6.18 Å². The molecule has 0 aliphatic rings. The number of nitrogens with two attached hydrogens (primary N) is 1. The van der Waals surface area contributed by atoms with Crippen molar-refractivity contribution in [2.75, 3.05) is 0 Å². The van der Waals surface area contributed by atoms with Crippen LogP contribution >= 0.6 is 0 Å². The average molecular weight is 284 g/mol. The number of hydrogen-bond acceptors (Lipinski definition) is 3. The van der Waals surface area contributed by atoms with Gasteiger partial charge in [0.1, 0.15) is 11.1 Å². The summed E-state index contributed by atoms with van der Waals surface area (Å²) in [4.78, 5) is 15.7. The first kappa shape index (κ1) is 14.0. The van der Waals surface area contributed by atoms with E-state index in [0.29, 0.717) is 0 Å². The van der Waals surface area contributed by atoms with Gasteiger partial charge in [0.25, 0.3) is 0 Å². The highest BCUT2D eigenvalue weighted by atomic mass is 19.4. The largest absolute Gasteiger partial charge is 0.433 e. The zero-order valence-corrected chi connectivity index (χ0v) is 10.4. The highest BCUT2D eigenvalue weighted by Crippen LogP contribution is 2.38. The lowest BCUT2D eigenvalue weighted by molar-refractivity contribution is -0.142. The summed E-state index contributed by atoms with van der Waals surface area (Å²) in [5.74, 6) is -0.942. The van der Waals surface area contributed by atoms with Crippen LogP contribution in [0.4, 0.5) is 13.2 Å². The SMILES string of the molecule is CC(C(N)=O)(c1ccccn1)c1cn[nH]c1C(F)(F)F. The first-order valence-electron chi connectivity index (χ1n) is 5.60. The van der Waals surface area contributed by atoms with Crippen molar-refractivity contribution in [3.8, 4) is 0 Å². The molecule has 2 aromatic rings. The number of halogens is 3. The van der Waals surface area contributed by atoms with E-state index in [1.54, 1.807) is 12.1 Å². The number of H-pyrrole nitrogens is 1. The Kier molecular flexibility index (Phi) is 3.24. The highest BCUT2D eigenvalue weighted by molar-refractivity contribution is 5.90. The van der Waals surface area contributed by atoms with Gasteiger partial charge in [0, 0.05) is 11.8 Å². The molecule has 2 rings (SSSR count).